The topological polar surface area (TPSA) is 63.3 Å². The second-order valence-corrected chi connectivity index (χ2v) is 9.33. The van der Waals surface area contributed by atoms with Gasteiger partial charge in [0.15, 0.2) is 5.78 Å². The number of carbonyl (C=O) groups excluding carboxylic acids is 1. The van der Waals surface area contributed by atoms with Crippen molar-refractivity contribution >= 4 is 38.5 Å². The van der Waals surface area contributed by atoms with E-state index in [0.29, 0.717) is 0 Å². The number of aliphatic hydroxyl groups excluding tert-OH is 1. The molecule has 6 rings (SSSR count). The van der Waals surface area contributed by atoms with Gasteiger partial charge in [-0.3, -0.25) is 4.79 Å². The van der Waals surface area contributed by atoms with Crippen LogP contribution in [0.5, 0.6) is 0 Å². The zero-order valence-electron chi connectivity index (χ0n) is 20.6. The van der Waals surface area contributed by atoms with E-state index in [4.69, 9.17) is 14.5 Å². The van der Waals surface area contributed by atoms with E-state index in [1.807, 2.05) is 12.3 Å². The molecule has 0 aliphatic heterocycles. The van der Waals surface area contributed by atoms with Crippen molar-refractivity contribution in [3.63, 3.8) is 0 Å². The van der Waals surface area contributed by atoms with Crippen molar-refractivity contribution in [3.8, 4) is 11.3 Å². The predicted molar refractivity (Wildman–Crippen MR) is 142 cm³/mol. The fourth-order valence-corrected chi connectivity index (χ4v) is 4.90. The summed E-state index contributed by atoms with van der Waals surface area (Å²) in [6.45, 7) is 4.95. The number of aromatic nitrogens is 1. The summed E-state index contributed by atoms with van der Waals surface area (Å²) < 4.78 is 6.26. The van der Waals surface area contributed by atoms with Crippen molar-refractivity contribution in [2.75, 3.05) is 0 Å². The number of nitrogens with zero attached hydrogens (tertiary/aromatic N) is 1. The third-order valence-electron chi connectivity index (χ3n) is 6.44. The first kappa shape index (κ1) is 25.8. The number of benzene rings is 3. The number of aryl methyl sites for hydroxylation is 3. The van der Waals surface area contributed by atoms with Gasteiger partial charge in [-0.2, -0.15) is 0 Å². The van der Waals surface area contributed by atoms with Gasteiger partial charge in [-0.25, -0.2) is 0 Å². The Labute approximate surface area is 224 Å². The van der Waals surface area contributed by atoms with Gasteiger partial charge in [-0.05, 0) is 97.5 Å². The minimum Gasteiger partial charge on any atom is -0.512 e. The van der Waals surface area contributed by atoms with Crippen molar-refractivity contribution in [2.45, 2.75) is 46.5 Å². The smallest absolute Gasteiger partial charge is 0.155 e. The molecule has 5 heteroatoms. The first-order chi connectivity index (χ1) is 16.9. The maximum absolute atomic E-state index is 10.0. The number of allylic oxidation sites excluding steroid dienone is 2. The Bertz CT molecular complexity index is 1610. The molecule has 4 nitrogen and oxygen atoms in total. The normalized spacial score (nSPS) is 13.1. The summed E-state index contributed by atoms with van der Waals surface area (Å²) in [6, 6.07) is 20.6. The van der Waals surface area contributed by atoms with Gasteiger partial charge in [0.1, 0.15) is 11.2 Å². The maximum atomic E-state index is 10.0. The van der Waals surface area contributed by atoms with E-state index >= 15 is 0 Å². The number of carbonyl (C=O) groups is 1. The molecule has 36 heavy (non-hydrogen) atoms. The average molecular weight is 655 g/mol. The van der Waals surface area contributed by atoms with Crippen LogP contribution < -0.4 is 0 Å². The molecule has 185 valence electrons. The summed E-state index contributed by atoms with van der Waals surface area (Å²) in [5.41, 5.74) is 8.14. The van der Waals surface area contributed by atoms with E-state index in [0.717, 1.165) is 33.2 Å². The summed E-state index contributed by atoms with van der Waals surface area (Å²) in [6.07, 6.45) is 7.96. The van der Waals surface area contributed by atoms with Crippen molar-refractivity contribution in [2.24, 2.45) is 0 Å². The van der Waals surface area contributed by atoms with Crippen molar-refractivity contribution < 1.29 is 34.4 Å². The van der Waals surface area contributed by atoms with Crippen LogP contribution in [0.25, 0.3) is 44.0 Å². The fraction of sp³-hybridized carbons (Fsp3) is 0.226. The Balaban J connectivity index is 0.000000338. The Morgan fingerprint density at radius 2 is 1.67 bits per heavy atom. The molecule has 0 amide bonds. The standard InChI is InChI=1S/C26H20NO.C5H8O2.Ir/c1-16-5-4-8-20(11-16)26-21-15-23-22-12-17-6-2-3-7-18(17)13-24(22)28-25(23)14-19(21)9-10-27-26;1-4(6)3-5(2)7;/h4-5,9-15H,2-3,6-7H2,1H3;3,6H,1-2H3;/q-1;;/b;4-3-;. The first-order valence-electron chi connectivity index (χ1n) is 12.0. The molecule has 2 aromatic heterocycles. The third-order valence-corrected chi connectivity index (χ3v) is 6.44. The summed E-state index contributed by atoms with van der Waals surface area (Å²) in [7, 11) is 0. The van der Waals surface area contributed by atoms with Crippen molar-refractivity contribution in [1.29, 1.82) is 0 Å². The number of rotatable bonds is 2. The van der Waals surface area contributed by atoms with Crippen molar-refractivity contribution in [3.05, 3.63) is 89.3 Å². The van der Waals surface area contributed by atoms with Crippen LogP contribution in [0.1, 0.15) is 43.4 Å². The predicted octanol–water partition coefficient (Wildman–Crippen LogP) is 7.82. The fourth-order valence-electron chi connectivity index (χ4n) is 4.90. The number of furan rings is 1. The van der Waals surface area contributed by atoms with Crippen LogP contribution in [0, 0.1) is 13.0 Å². The Hall–Kier alpha value is -3.27. The molecule has 1 N–H and O–H groups in total. The van der Waals surface area contributed by atoms with Crippen LogP contribution in [0.2, 0.25) is 0 Å². The summed E-state index contributed by atoms with van der Waals surface area (Å²) in [4.78, 5) is 14.7. The van der Waals surface area contributed by atoms with E-state index in [1.165, 1.54) is 73.1 Å². The summed E-state index contributed by atoms with van der Waals surface area (Å²) >= 11 is 0. The molecule has 0 atom stereocenters. The zero-order chi connectivity index (χ0) is 24.5. The molecule has 1 radical (unpaired) electrons. The van der Waals surface area contributed by atoms with Gasteiger partial charge in [-0.15, -0.1) is 35.4 Å². The molecule has 3 aromatic carbocycles. The van der Waals surface area contributed by atoms with Crippen LogP contribution in [0.4, 0.5) is 0 Å². The van der Waals surface area contributed by atoms with Crippen LogP contribution >= 0.6 is 0 Å². The molecular weight excluding hydrogens is 627 g/mol. The minimum absolute atomic E-state index is 0. The Morgan fingerprint density at radius 3 is 2.33 bits per heavy atom. The molecule has 1 aliphatic carbocycles. The van der Waals surface area contributed by atoms with Gasteiger partial charge in [-0.1, -0.05) is 6.92 Å². The molecule has 1 aliphatic rings. The van der Waals surface area contributed by atoms with E-state index in [1.54, 1.807) is 0 Å². The Kier molecular flexibility index (Phi) is 7.73. The molecule has 2 heterocycles. The minimum atomic E-state index is -0.125. The second-order valence-electron chi connectivity index (χ2n) is 9.33. The second kappa shape index (κ2) is 10.8. The number of hydrogen-bond acceptors (Lipinski definition) is 4. The van der Waals surface area contributed by atoms with Crippen LogP contribution in [0.3, 0.4) is 0 Å². The summed E-state index contributed by atoms with van der Waals surface area (Å²) in [5.74, 6) is -0.0625. The third kappa shape index (κ3) is 5.28. The SMILES string of the molecule is CC(=O)/C=C(/C)O.Cc1cc[c-]c(-c2nccc3cc4oc5cc6c(cc5c4cc23)CCCC6)c1.[Ir]. The van der Waals surface area contributed by atoms with E-state index < -0.39 is 0 Å². The van der Waals surface area contributed by atoms with E-state index in [9.17, 15) is 4.79 Å². The quantitative estimate of drug-likeness (QED) is 0.120. The van der Waals surface area contributed by atoms with Gasteiger partial charge >= 0.3 is 0 Å². The average Bonchev–Trinajstić information content (AvgIpc) is 3.16. The molecule has 0 saturated heterocycles. The number of pyridine rings is 1. The number of fused-ring (bicyclic) bond motifs is 5. The molecular formula is C31H28IrNO3-. The van der Waals surface area contributed by atoms with Gasteiger partial charge in [0.05, 0.1) is 5.76 Å². The monoisotopic (exact) mass is 655 g/mol. The molecule has 0 unspecified atom stereocenters. The van der Waals surface area contributed by atoms with Gasteiger partial charge < -0.3 is 14.5 Å². The Morgan fingerprint density at radius 1 is 0.972 bits per heavy atom. The van der Waals surface area contributed by atoms with E-state index in [2.05, 4.69) is 55.5 Å². The van der Waals surface area contributed by atoms with Crippen LogP contribution in [-0.2, 0) is 37.7 Å². The largest absolute Gasteiger partial charge is 0.512 e. The van der Waals surface area contributed by atoms with Crippen molar-refractivity contribution in [1.82, 2.24) is 4.98 Å². The van der Waals surface area contributed by atoms with Crippen LogP contribution in [-0.4, -0.2) is 15.9 Å². The molecule has 0 fully saturated rings. The first-order valence-corrected chi connectivity index (χ1v) is 12.0. The number of ketones is 1. The van der Waals surface area contributed by atoms with Gasteiger partial charge in [0.2, 0.25) is 0 Å². The molecule has 5 aromatic rings. The molecule has 0 spiro atoms. The number of aliphatic hydroxyl groups is 1. The van der Waals surface area contributed by atoms with Crippen LogP contribution in [0.15, 0.2) is 71.0 Å². The zero-order valence-corrected chi connectivity index (χ0v) is 23.0. The molecule has 0 bridgehead atoms. The summed E-state index contributed by atoms with van der Waals surface area (Å²) in [5, 5.41) is 13.1. The van der Waals surface area contributed by atoms with Gasteiger partial charge in [0, 0.05) is 43.2 Å². The van der Waals surface area contributed by atoms with Gasteiger partial charge in [0.25, 0.3) is 0 Å². The van der Waals surface area contributed by atoms with E-state index in [-0.39, 0.29) is 31.6 Å². The number of hydrogen-bond donors (Lipinski definition) is 1. The maximum Gasteiger partial charge on any atom is 0.155 e. The molecule has 0 saturated carbocycles.